The van der Waals surface area contributed by atoms with Crippen LogP contribution in [0.25, 0.3) is 232 Å². The molecule has 588 valence electrons. The third kappa shape index (κ3) is 11.7. The third-order valence-corrected chi connectivity index (χ3v) is 26.1. The molecule has 6 heteroatoms. The van der Waals surface area contributed by atoms with E-state index in [2.05, 4.69) is 501 Å². The lowest BCUT2D eigenvalue weighted by atomic mass is 10.00. The highest BCUT2D eigenvalue weighted by Crippen LogP contribution is 2.48. The van der Waals surface area contributed by atoms with Crippen LogP contribution in [0.4, 0.5) is 0 Å². The van der Waals surface area contributed by atoms with Crippen molar-refractivity contribution in [1.82, 2.24) is 27.4 Å². The largest absolute Gasteiger partial charge is 0.309 e. The van der Waals surface area contributed by atoms with Gasteiger partial charge in [-0.2, -0.15) is 0 Å². The second kappa shape index (κ2) is 29.5. The Kier molecular flexibility index (Phi) is 16.9. The summed E-state index contributed by atoms with van der Waals surface area (Å²) in [6.07, 6.45) is 0. The van der Waals surface area contributed by atoms with Crippen molar-refractivity contribution in [1.29, 1.82) is 0 Å². The van der Waals surface area contributed by atoms with Gasteiger partial charge in [-0.25, -0.2) is 0 Å². The summed E-state index contributed by atoms with van der Waals surface area (Å²) in [5.41, 5.74) is 35.7. The van der Waals surface area contributed by atoms with E-state index in [0.717, 1.165) is 34.1 Å². The van der Waals surface area contributed by atoms with Crippen molar-refractivity contribution in [2.45, 2.75) is 0 Å². The van der Waals surface area contributed by atoms with E-state index < -0.39 is 0 Å². The molecule has 0 radical (unpaired) electrons. The monoisotopic (exact) mass is 1600 g/mol. The number of benzene rings is 20. The quantitative estimate of drug-likeness (QED) is 0.117. The van der Waals surface area contributed by atoms with Crippen LogP contribution in [0.15, 0.2) is 473 Å². The minimum Gasteiger partial charge on any atom is -0.309 e. The van der Waals surface area contributed by atoms with Crippen LogP contribution in [-0.4, -0.2) is 27.4 Å². The van der Waals surface area contributed by atoms with Gasteiger partial charge in [0.2, 0.25) is 0 Å². The van der Waals surface area contributed by atoms with Crippen molar-refractivity contribution in [3.05, 3.63) is 473 Å². The third-order valence-electron chi connectivity index (χ3n) is 26.1. The summed E-state index contributed by atoms with van der Waals surface area (Å²) in [4.78, 5) is 0. The molecule has 0 aliphatic rings. The van der Waals surface area contributed by atoms with Crippen molar-refractivity contribution in [2.75, 3.05) is 0 Å². The van der Waals surface area contributed by atoms with Crippen molar-refractivity contribution < 1.29 is 0 Å². The van der Waals surface area contributed by atoms with Crippen molar-refractivity contribution >= 4 is 131 Å². The average molecular weight is 1600 g/mol. The lowest BCUT2D eigenvalue weighted by Crippen LogP contribution is -1.98. The second-order valence-corrected chi connectivity index (χ2v) is 33.0. The van der Waals surface area contributed by atoms with Crippen LogP contribution in [-0.2, 0) is 0 Å². The molecule has 6 nitrogen and oxygen atoms in total. The van der Waals surface area contributed by atoms with Crippen molar-refractivity contribution in [3.8, 4) is 101 Å². The Morgan fingerprint density at radius 3 is 0.667 bits per heavy atom. The lowest BCUT2D eigenvalue weighted by Gasteiger charge is -2.13. The molecule has 26 aromatic rings. The lowest BCUT2D eigenvalue weighted by molar-refractivity contribution is 1.15. The number of hydrogen-bond acceptors (Lipinski definition) is 0. The topological polar surface area (TPSA) is 29.6 Å². The van der Waals surface area contributed by atoms with E-state index in [-0.39, 0.29) is 0 Å². The number of nitrogens with zero attached hydrogens (tertiary/aromatic N) is 6. The standard InChI is InChI=1S/2C60H39N3/c1-4-14-40(15-5-1)42-24-30-47(31-25-42)61-55-22-12-11-21-50(55)53-38-44(28-36-57(53)61)45-29-37-58-54(39-45)52-35-34-51-49-20-10-13-23-56(49)62(46-18-8-3-9-19-46)59(51)60(52)63(58)48-32-26-43(27-33-48)41-16-6-2-7-17-41;1-4-14-40(15-5-1)42-24-30-47(31-25-42)61-54-22-12-10-20-49(54)52-38-44(28-35-56(52)61)45-29-36-57-53(39-45)50-34-37-58-59(51-21-11-13-23-55(51)62(58)46-18-8-3-9-19-46)60(50)63(57)48-32-26-43(27-33-48)41-16-6-2-7-17-41/h2*1-39H. The summed E-state index contributed by atoms with van der Waals surface area (Å²) >= 11 is 0. The fourth-order valence-electron chi connectivity index (χ4n) is 20.3. The number of rotatable bonds is 12. The Hall–Kier alpha value is -16.8. The molecule has 6 heterocycles. The Balaban J connectivity index is 0.000000137. The van der Waals surface area contributed by atoms with Gasteiger partial charge in [0.15, 0.2) is 0 Å². The predicted molar refractivity (Wildman–Crippen MR) is 532 cm³/mol. The van der Waals surface area contributed by atoms with Crippen LogP contribution in [0.3, 0.4) is 0 Å². The zero-order chi connectivity index (χ0) is 82.9. The first kappa shape index (κ1) is 72.1. The van der Waals surface area contributed by atoms with E-state index in [4.69, 9.17) is 0 Å². The molecule has 0 atom stereocenters. The molecule has 6 aromatic heterocycles. The molecule has 0 saturated carbocycles. The fourth-order valence-corrected chi connectivity index (χ4v) is 20.3. The molecule has 0 bridgehead atoms. The highest BCUT2D eigenvalue weighted by molar-refractivity contribution is 6.28. The van der Waals surface area contributed by atoms with Gasteiger partial charge in [0.1, 0.15) is 0 Å². The Labute approximate surface area is 727 Å². The molecule has 20 aromatic carbocycles. The molecular weight excluding hydrogens is 1530 g/mol. The van der Waals surface area contributed by atoms with Gasteiger partial charge in [0.05, 0.1) is 66.2 Å². The maximum atomic E-state index is 2.49. The number of para-hydroxylation sites is 6. The highest BCUT2D eigenvalue weighted by Gasteiger charge is 2.26. The number of hydrogen-bond donors (Lipinski definition) is 0. The van der Waals surface area contributed by atoms with E-state index in [1.165, 1.54) is 198 Å². The minimum absolute atomic E-state index is 1.13. The van der Waals surface area contributed by atoms with Gasteiger partial charge < -0.3 is 27.4 Å². The van der Waals surface area contributed by atoms with Crippen LogP contribution in [0.1, 0.15) is 0 Å². The molecule has 0 aliphatic heterocycles. The molecule has 0 fully saturated rings. The van der Waals surface area contributed by atoms with Gasteiger partial charge in [0.25, 0.3) is 0 Å². The molecule has 0 saturated heterocycles. The van der Waals surface area contributed by atoms with Crippen LogP contribution < -0.4 is 0 Å². The minimum atomic E-state index is 1.13. The Bertz CT molecular complexity index is 8730. The molecule has 0 spiro atoms. The SMILES string of the molecule is c1ccc(-c2ccc(-n3c4ccccc4c4cc(-c5ccc6c(c5)c5ccc7c(c8ccccc8n7-c7ccccc7)c5n6-c5ccc(-c6ccccc6)cc5)ccc43)cc2)cc1.c1ccc(-c2ccc(-n3c4ccccc4c4cc(-c5ccc6c(c5)c5ccc7c8ccccc8n(-c8ccccc8)c7c5n6-c5ccc(-c6ccccc6)cc5)ccc43)cc2)cc1. The van der Waals surface area contributed by atoms with Crippen LogP contribution in [0.2, 0.25) is 0 Å². The number of fused-ring (bicyclic) bond motifs is 20. The first-order valence-corrected chi connectivity index (χ1v) is 43.4. The zero-order valence-corrected chi connectivity index (χ0v) is 68.7. The van der Waals surface area contributed by atoms with Gasteiger partial charge in [-0.1, -0.05) is 322 Å². The summed E-state index contributed by atoms with van der Waals surface area (Å²) < 4.78 is 14.7. The molecule has 126 heavy (non-hydrogen) atoms. The fraction of sp³-hybridized carbons (Fsp3) is 0. The van der Waals surface area contributed by atoms with Gasteiger partial charge in [-0.3, -0.25) is 0 Å². The summed E-state index contributed by atoms with van der Waals surface area (Å²) in [5.74, 6) is 0. The average Bonchev–Trinajstić information content (AvgIpc) is 1.54. The van der Waals surface area contributed by atoms with E-state index >= 15 is 0 Å². The molecular formula is C120H78N6. The summed E-state index contributed by atoms with van der Waals surface area (Å²) in [5, 5.41) is 14.9. The molecule has 0 unspecified atom stereocenters. The molecule has 0 N–H and O–H groups in total. The molecule has 0 aliphatic carbocycles. The Morgan fingerprint density at radius 1 is 0.103 bits per heavy atom. The Morgan fingerprint density at radius 2 is 0.302 bits per heavy atom. The highest BCUT2D eigenvalue weighted by atomic mass is 15.1. The summed E-state index contributed by atoms with van der Waals surface area (Å²) in [6, 6.07) is 173. The van der Waals surface area contributed by atoms with Gasteiger partial charge in [-0.05, 0) is 218 Å². The predicted octanol–water partition coefficient (Wildman–Crippen LogP) is 32.0. The van der Waals surface area contributed by atoms with E-state index in [1.807, 2.05) is 0 Å². The maximum absolute atomic E-state index is 2.49. The van der Waals surface area contributed by atoms with Crippen LogP contribution >= 0.6 is 0 Å². The van der Waals surface area contributed by atoms with Crippen molar-refractivity contribution in [2.24, 2.45) is 0 Å². The smallest absolute Gasteiger partial charge is 0.0788 e. The molecule has 0 amide bonds. The van der Waals surface area contributed by atoms with Crippen molar-refractivity contribution in [3.63, 3.8) is 0 Å². The number of aromatic nitrogens is 6. The van der Waals surface area contributed by atoms with Gasteiger partial charge >= 0.3 is 0 Å². The van der Waals surface area contributed by atoms with Gasteiger partial charge in [-0.15, -0.1) is 0 Å². The first-order valence-electron chi connectivity index (χ1n) is 43.4. The van der Waals surface area contributed by atoms with E-state index in [9.17, 15) is 0 Å². The summed E-state index contributed by atoms with van der Waals surface area (Å²) in [6.45, 7) is 0. The second-order valence-electron chi connectivity index (χ2n) is 33.0. The van der Waals surface area contributed by atoms with E-state index in [0.29, 0.717) is 0 Å². The maximum Gasteiger partial charge on any atom is 0.0788 e. The normalized spacial score (nSPS) is 11.8. The summed E-state index contributed by atoms with van der Waals surface area (Å²) in [7, 11) is 0. The van der Waals surface area contributed by atoms with Gasteiger partial charge in [0, 0.05) is 98.8 Å². The zero-order valence-electron chi connectivity index (χ0n) is 68.7. The van der Waals surface area contributed by atoms with E-state index in [1.54, 1.807) is 0 Å². The molecule has 26 rings (SSSR count). The first-order chi connectivity index (χ1) is 62.5. The van der Waals surface area contributed by atoms with Crippen LogP contribution in [0.5, 0.6) is 0 Å². The van der Waals surface area contributed by atoms with Crippen LogP contribution in [0, 0.1) is 0 Å².